The highest BCUT2D eigenvalue weighted by Crippen LogP contribution is 2.25. The van der Waals surface area contributed by atoms with Crippen molar-refractivity contribution >= 4 is 23.3 Å². The lowest BCUT2D eigenvalue weighted by Crippen LogP contribution is -2.19. The molecule has 0 spiro atoms. The summed E-state index contributed by atoms with van der Waals surface area (Å²) in [6.07, 6.45) is 2.06. The normalized spacial score (nSPS) is 19.1. The average molecular weight is 221 g/mol. The van der Waals surface area contributed by atoms with Gasteiger partial charge in [0.25, 0.3) is 0 Å². The van der Waals surface area contributed by atoms with Crippen molar-refractivity contribution in [2.24, 2.45) is 10.4 Å². The summed E-state index contributed by atoms with van der Waals surface area (Å²) in [5, 5.41) is 2.06. The van der Waals surface area contributed by atoms with Crippen LogP contribution in [0.1, 0.15) is 25.6 Å². The van der Waals surface area contributed by atoms with Crippen LogP contribution < -0.4 is 0 Å². The summed E-state index contributed by atoms with van der Waals surface area (Å²) < 4.78 is 5.72. The molecule has 0 bridgehead atoms. The van der Waals surface area contributed by atoms with Gasteiger partial charge in [-0.25, -0.2) is 4.99 Å². The second-order valence-electron chi connectivity index (χ2n) is 4.60. The minimum atomic E-state index is 0.00500. The van der Waals surface area contributed by atoms with Crippen molar-refractivity contribution in [2.75, 3.05) is 6.54 Å². The maximum Gasteiger partial charge on any atom is 0.195 e. The molecule has 0 amide bonds. The number of nitrogens with zero attached hydrogens (tertiary/aromatic N) is 1. The first-order valence-electron chi connectivity index (χ1n) is 5.02. The van der Waals surface area contributed by atoms with Crippen molar-refractivity contribution in [3.05, 3.63) is 28.1 Å². The highest BCUT2D eigenvalue weighted by molar-refractivity contribution is 7.10. The number of hydrogen-bond acceptors (Lipinski definition) is 3. The first-order chi connectivity index (χ1) is 7.05. The molecule has 0 unspecified atom stereocenters. The van der Waals surface area contributed by atoms with E-state index in [9.17, 15) is 0 Å². The van der Waals surface area contributed by atoms with Crippen molar-refractivity contribution in [3.63, 3.8) is 0 Å². The smallest absolute Gasteiger partial charge is 0.195 e. The zero-order chi connectivity index (χ0) is 10.9. The van der Waals surface area contributed by atoms with Gasteiger partial charge in [-0.2, -0.15) is 0 Å². The van der Waals surface area contributed by atoms with E-state index in [1.54, 1.807) is 11.3 Å². The van der Waals surface area contributed by atoms with Gasteiger partial charge in [-0.1, -0.05) is 26.8 Å². The monoisotopic (exact) mass is 221 g/mol. The van der Waals surface area contributed by atoms with Crippen LogP contribution in [0, 0.1) is 5.41 Å². The topological polar surface area (TPSA) is 21.6 Å². The van der Waals surface area contributed by atoms with Gasteiger partial charge in [-0.05, 0) is 17.5 Å². The molecule has 80 valence electrons. The Bertz CT molecular complexity index is 396. The lowest BCUT2D eigenvalue weighted by atomic mass is 9.97. The van der Waals surface area contributed by atoms with Gasteiger partial charge in [-0.15, -0.1) is 11.3 Å². The summed E-state index contributed by atoms with van der Waals surface area (Å²) in [7, 11) is 0. The van der Waals surface area contributed by atoms with E-state index in [0.717, 1.165) is 11.7 Å². The molecular formula is C12H15NOS. The Morgan fingerprint density at radius 1 is 1.47 bits per heavy atom. The van der Waals surface area contributed by atoms with Crippen molar-refractivity contribution in [1.82, 2.24) is 0 Å². The van der Waals surface area contributed by atoms with E-state index in [4.69, 9.17) is 4.74 Å². The zero-order valence-corrected chi connectivity index (χ0v) is 10.1. The van der Waals surface area contributed by atoms with Gasteiger partial charge in [0, 0.05) is 10.3 Å². The molecule has 0 aromatic carbocycles. The van der Waals surface area contributed by atoms with Crippen molar-refractivity contribution in [1.29, 1.82) is 0 Å². The van der Waals surface area contributed by atoms with Crippen molar-refractivity contribution < 1.29 is 4.74 Å². The lowest BCUT2D eigenvalue weighted by molar-refractivity contribution is 0.373. The Hall–Kier alpha value is -1.09. The average Bonchev–Trinajstić information content (AvgIpc) is 2.73. The summed E-state index contributed by atoms with van der Waals surface area (Å²) >= 11 is 1.71. The van der Waals surface area contributed by atoms with E-state index in [1.807, 2.05) is 6.07 Å². The third kappa shape index (κ3) is 2.48. The Morgan fingerprint density at radius 2 is 2.27 bits per heavy atom. The highest BCUT2D eigenvalue weighted by atomic mass is 32.1. The maximum absolute atomic E-state index is 5.72. The standard InChI is InChI=1S/C12H15NOS/c1-12(2,3)11-13-8-9(14-11)7-10-5-4-6-15-10/h4-7H,8H2,1-3H3/b9-7-. The van der Waals surface area contributed by atoms with Crippen LogP contribution in [0.5, 0.6) is 0 Å². The predicted octanol–water partition coefficient (Wildman–Crippen LogP) is 3.56. The van der Waals surface area contributed by atoms with Crippen molar-refractivity contribution in [3.8, 4) is 0 Å². The van der Waals surface area contributed by atoms with Gasteiger partial charge in [0.1, 0.15) is 12.3 Å². The second-order valence-corrected chi connectivity index (χ2v) is 5.58. The summed E-state index contributed by atoms with van der Waals surface area (Å²) in [6, 6.07) is 4.12. The van der Waals surface area contributed by atoms with Crippen LogP contribution in [0.15, 0.2) is 28.3 Å². The van der Waals surface area contributed by atoms with Crippen LogP contribution in [0.4, 0.5) is 0 Å². The Morgan fingerprint density at radius 3 is 2.80 bits per heavy atom. The lowest BCUT2D eigenvalue weighted by Gasteiger charge is -2.17. The molecule has 2 heterocycles. The van der Waals surface area contributed by atoms with E-state index in [2.05, 4.69) is 43.3 Å². The van der Waals surface area contributed by atoms with Crippen LogP contribution in [-0.2, 0) is 4.74 Å². The summed E-state index contributed by atoms with van der Waals surface area (Å²) in [4.78, 5) is 5.62. The molecule has 1 aromatic heterocycles. The fourth-order valence-corrected chi connectivity index (χ4v) is 2.01. The molecule has 2 rings (SSSR count). The first kappa shape index (κ1) is 10.4. The number of hydrogen-bond donors (Lipinski definition) is 0. The molecule has 1 aliphatic rings. The zero-order valence-electron chi connectivity index (χ0n) is 9.28. The minimum Gasteiger partial charge on any atom is -0.445 e. The molecule has 0 fully saturated rings. The van der Waals surface area contributed by atoms with Crippen LogP contribution in [0.3, 0.4) is 0 Å². The molecule has 15 heavy (non-hydrogen) atoms. The summed E-state index contributed by atoms with van der Waals surface area (Å²) in [5.41, 5.74) is 0.00500. The summed E-state index contributed by atoms with van der Waals surface area (Å²) in [6.45, 7) is 7.00. The first-order valence-corrected chi connectivity index (χ1v) is 5.90. The van der Waals surface area contributed by atoms with Gasteiger partial charge in [0.05, 0.1) is 0 Å². The number of ether oxygens (including phenoxy) is 1. The molecule has 0 radical (unpaired) electrons. The van der Waals surface area contributed by atoms with E-state index in [-0.39, 0.29) is 5.41 Å². The third-order valence-electron chi connectivity index (χ3n) is 2.09. The summed E-state index contributed by atoms with van der Waals surface area (Å²) in [5.74, 6) is 1.78. The minimum absolute atomic E-state index is 0.00500. The SMILES string of the molecule is CC(C)(C)C1=NC/C(=C/c2cccs2)O1. The second kappa shape index (κ2) is 3.81. The van der Waals surface area contributed by atoms with Gasteiger partial charge in [-0.3, -0.25) is 0 Å². The van der Waals surface area contributed by atoms with Crippen LogP contribution in [0.25, 0.3) is 6.08 Å². The van der Waals surface area contributed by atoms with E-state index in [1.165, 1.54) is 4.88 Å². The maximum atomic E-state index is 5.72. The Labute approximate surface area is 94.3 Å². The third-order valence-corrected chi connectivity index (χ3v) is 2.91. The molecule has 1 aliphatic heterocycles. The van der Waals surface area contributed by atoms with Crippen LogP contribution in [-0.4, -0.2) is 12.4 Å². The van der Waals surface area contributed by atoms with Crippen LogP contribution in [0.2, 0.25) is 0 Å². The highest BCUT2D eigenvalue weighted by Gasteiger charge is 2.25. The number of aliphatic imine (C=N–C) groups is 1. The Balaban J connectivity index is 2.08. The molecule has 0 saturated heterocycles. The molecule has 0 aliphatic carbocycles. The van der Waals surface area contributed by atoms with Crippen LogP contribution >= 0.6 is 11.3 Å². The molecular weight excluding hydrogens is 206 g/mol. The van der Waals surface area contributed by atoms with E-state index >= 15 is 0 Å². The molecule has 3 heteroatoms. The van der Waals surface area contributed by atoms with Gasteiger partial charge >= 0.3 is 0 Å². The van der Waals surface area contributed by atoms with Gasteiger partial charge < -0.3 is 4.74 Å². The largest absolute Gasteiger partial charge is 0.445 e. The van der Waals surface area contributed by atoms with E-state index < -0.39 is 0 Å². The van der Waals surface area contributed by atoms with Crippen molar-refractivity contribution in [2.45, 2.75) is 20.8 Å². The fourth-order valence-electron chi connectivity index (χ4n) is 1.34. The molecule has 1 aromatic rings. The number of rotatable bonds is 1. The van der Waals surface area contributed by atoms with E-state index in [0.29, 0.717) is 6.54 Å². The van der Waals surface area contributed by atoms with Gasteiger partial charge in [0.2, 0.25) is 0 Å². The molecule has 2 nitrogen and oxygen atoms in total. The Kier molecular flexibility index (Phi) is 2.65. The molecule has 0 saturated carbocycles. The molecule has 0 N–H and O–H groups in total. The number of thiophene rings is 1. The molecule has 0 atom stereocenters. The quantitative estimate of drug-likeness (QED) is 0.710. The fraction of sp³-hybridized carbons (Fsp3) is 0.417. The van der Waals surface area contributed by atoms with Gasteiger partial charge in [0.15, 0.2) is 5.90 Å². The predicted molar refractivity (Wildman–Crippen MR) is 65.1 cm³/mol.